The standard InChI is InChI=1S/C27H33NO2/c1-3-23(4-2)24-13-15-25(16-14-24)27(29)30-26-17-11-21(12-18-26)6-5-20-7-9-22(19-28)10-8-20/h3,11-12,17-18,20,22-25H,1,4,7-10,13-16H2,2H3. The number of nitriles is 1. The van der Waals surface area contributed by atoms with E-state index in [0.717, 1.165) is 63.4 Å². The summed E-state index contributed by atoms with van der Waals surface area (Å²) in [4.78, 5) is 12.6. The number of esters is 1. The first-order valence-corrected chi connectivity index (χ1v) is 11.5. The molecule has 0 saturated heterocycles. The molecule has 2 saturated carbocycles. The molecule has 0 N–H and O–H groups in total. The maximum atomic E-state index is 12.6. The smallest absolute Gasteiger partial charge is 0.314 e. The molecule has 3 rings (SSSR count). The Balaban J connectivity index is 1.47. The van der Waals surface area contributed by atoms with Crippen LogP contribution in [0, 0.1) is 52.8 Å². The summed E-state index contributed by atoms with van der Waals surface area (Å²) < 4.78 is 5.64. The van der Waals surface area contributed by atoms with Crippen LogP contribution in [0.5, 0.6) is 5.75 Å². The summed E-state index contributed by atoms with van der Waals surface area (Å²) in [7, 11) is 0. The summed E-state index contributed by atoms with van der Waals surface area (Å²) in [6, 6.07) is 9.88. The summed E-state index contributed by atoms with van der Waals surface area (Å²) in [6.45, 7) is 6.17. The second kappa shape index (κ2) is 11.0. The quantitative estimate of drug-likeness (QED) is 0.251. The highest BCUT2D eigenvalue weighted by molar-refractivity contribution is 5.75. The molecule has 0 heterocycles. The van der Waals surface area contributed by atoms with Gasteiger partial charge < -0.3 is 4.74 Å². The van der Waals surface area contributed by atoms with Gasteiger partial charge in [0, 0.05) is 17.4 Å². The van der Waals surface area contributed by atoms with Gasteiger partial charge in [-0.1, -0.05) is 24.8 Å². The average molecular weight is 404 g/mol. The molecule has 0 radical (unpaired) electrons. The Labute approximate surface area is 181 Å². The van der Waals surface area contributed by atoms with Crippen LogP contribution in [-0.2, 0) is 4.79 Å². The monoisotopic (exact) mass is 403 g/mol. The van der Waals surface area contributed by atoms with Crippen molar-refractivity contribution < 1.29 is 9.53 Å². The van der Waals surface area contributed by atoms with Gasteiger partial charge in [0.25, 0.3) is 0 Å². The van der Waals surface area contributed by atoms with Crippen LogP contribution in [0.3, 0.4) is 0 Å². The fourth-order valence-corrected chi connectivity index (χ4v) is 4.83. The molecule has 0 bridgehead atoms. The predicted molar refractivity (Wildman–Crippen MR) is 119 cm³/mol. The molecule has 2 fully saturated rings. The molecular weight excluding hydrogens is 370 g/mol. The molecule has 0 spiro atoms. The third-order valence-electron chi connectivity index (χ3n) is 6.89. The number of hydrogen-bond donors (Lipinski definition) is 0. The first kappa shape index (κ1) is 22.2. The van der Waals surface area contributed by atoms with Crippen molar-refractivity contribution in [1.29, 1.82) is 5.26 Å². The van der Waals surface area contributed by atoms with Gasteiger partial charge >= 0.3 is 5.97 Å². The minimum Gasteiger partial charge on any atom is -0.426 e. The molecule has 3 nitrogen and oxygen atoms in total. The van der Waals surface area contributed by atoms with E-state index in [1.54, 1.807) is 0 Å². The Kier molecular flexibility index (Phi) is 8.15. The van der Waals surface area contributed by atoms with Gasteiger partial charge in [-0.15, -0.1) is 6.58 Å². The van der Waals surface area contributed by atoms with Gasteiger partial charge in [-0.3, -0.25) is 4.79 Å². The van der Waals surface area contributed by atoms with Gasteiger partial charge in [-0.05, 0) is 93.9 Å². The summed E-state index contributed by atoms with van der Waals surface area (Å²) in [5.74, 6) is 8.90. The molecule has 1 aromatic carbocycles. The fraction of sp³-hybridized carbons (Fsp3) is 0.556. The average Bonchev–Trinajstić information content (AvgIpc) is 2.80. The SMILES string of the molecule is C=CC(CC)C1CCC(C(=O)Oc2ccc(C#CC3CCC(C#N)CC3)cc2)CC1. The number of benzene rings is 1. The first-order chi connectivity index (χ1) is 14.6. The van der Waals surface area contributed by atoms with Gasteiger partial charge in [-0.2, -0.15) is 5.26 Å². The van der Waals surface area contributed by atoms with E-state index in [0.29, 0.717) is 23.5 Å². The Hall–Kier alpha value is -2.52. The fourth-order valence-electron chi connectivity index (χ4n) is 4.83. The van der Waals surface area contributed by atoms with E-state index >= 15 is 0 Å². The van der Waals surface area contributed by atoms with Crippen LogP contribution < -0.4 is 4.74 Å². The number of ether oxygens (including phenoxy) is 1. The van der Waals surface area contributed by atoms with Gasteiger partial charge in [0.15, 0.2) is 0 Å². The lowest BCUT2D eigenvalue weighted by Crippen LogP contribution is -2.27. The number of allylic oxidation sites excluding steroid dienone is 1. The normalized spacial score (nSPS) is 27.1. The molecule has 0 aromatic heterocycles. The van der Waals surface area contributed by atoms with Crippen molar-refractivity contribution in [1.82, 2.24) is 0 Å². The van der Waals surface area contributed by atoms with Crippen LogP contribution in [0.4, 0.5) is 0 Å². The van der Waals surface area contributed by atoms with E-state index < -0.39 is 0 Å². The van der Waals surface area contributed by atoms with Crippen LogP contribution in [0.1, 0.15) is 70.3 Å². The second-order valence-corrected chi connectivity index (χ2v) is 8.81. The summed E-state index contributed by atoms with van der Waals surface area (Å²) in [5, 5.41) is 8.99. The second-order valence-electron chi connectivity index (χ2n) is 8.81. The number of carbonyl (C=O) groups is 1. The van der Waals surface area contributed by atoms with E-state index in [1.165, 1.54) is 0 Å². The van der Waals surface area contributed by atoms with Crippen molar-refractivity contribution in [3.8, 4) is 23.7 Å². The van der Waals surface area contributed by atoms with Gasteiger partial charge in [0.2, 0.25) is 0 Å². The highest BCUT2D eigenvalue weighted by Gasteiger charge is 2.30. The van der Waals surface area contributed by atoms with E-state index in [2.05, 4.69) is 37.5 Å². The molecule has 3 heteroatoms. The van der Waals surface area contributed by atoms with Crippen molar-refractivity contribution in [3.63, 3.8) is 0 Å². The zero-order valence-corrected chi connectivity index (χ0v) is 18.1. The van der Waals surface area contributed by atoms with Crippen molar-refractivity contribution in [2.24, 2.45) is 29.6 Å². The van der Waals surface area contributed by atoms with Crippen molar-refractivity contribution in [2.45, 2.75) is 64.7 Å². The lowest BCUT2D eigenvalue weighted by atomic mass is 9.75. The Bertz CT molecular complexity index is 807. The number of rotatable bonds is 5. The van der Waals surface area contributed by atoms with E-state index in [-0.39, 0.29) is 17.8 Å². The topological polar surface area (TPSA) is 50.1 Å². The minimum atomic E-state index is -0.104. The summed E-state index contributed by atoms with van der Waals surface area (Å²) in [6.07, 6.45) is 11.1. The van der Waals surface area contributed by atoms with Crippen LogP contribution in [0.2, 0.25) is 0 Å². The Morgan fingerprint density at radius 2 is 1.73 bits per heavy atom. The van der Waals surface area contributed by atoms with Crippen LogP contribution in [-0.4, -0.2) is 5.97 Å². The molecular formula is C27H33NO2. The number of carbonyl (C=O) groups excluding carboxylic acids is 1. The molecule has 1 atom stereocenters. The molecule has 2 aliphatic carbocycles. The third-order valence-corrected chi connectivity index (χ3v) is 6.89. The maximum absolute atomic E-state index is 12.6. The summed E-state index contributed by atoms with van der Waals surface area (Å²) in [5.41, 5.74) is 0.938. The molecule has 0 aliphatic heterocycles. The van der Waals surface area contributed by atoms with Crippen molar-refractivity contribution in [2.75, 3.05) is 0 Å². The van der Waals surface area contributed by atoms with Crippen LogP contribution in [0.15, 0.2) is 36.9 Å². The molecule has 2 aliphatic rings. The summed E-state index contributed by atoms with van der Waals surface area (Å²) >= 11 is 0. The number of hydrogen-bond acceptors (Lipinski definition) is 3. The third kappa shape index (κ3) is 5.99. The maximum Gasteiger partial charge on any atom is 0.314 e. The number of nitrogens with zero attached hydrogens (tertiary/aromatic N) is 1. The van der Waals surface area contributed by atoms with Crippen molar-refractivity contribution in [3.05, 3.63) is 42.5 Å². The van der Waals surface area contributed by atoms with Crippen LogP contribution in [0.25, 0.3) is 0 Å². The molecule has 1 aromatic rings. The molecule has 0 amide bonds. The molecule has 158 valence electrons. The largest absolute Gasteiger partial charge is 0.426 e. The van der Waals surface area contributed by atoms with Gasteiger partial charge in [-0.25, -0.2) is 0 Å². The predicted octanol–water partition coefficient (Wildman–Crippen LogP) is 6.29. The van der Waals surface area contributed by atoms with Crippen LogP contribution >= 0.6 is 0 Å². The van der Waals surface area contributed by atoms with E-state index in [4.69, 9.17) is 10.00 Å². The lowest BCUT2D eigenvalue weighted by molar-refractivity contribution is -0.140. The zero-order chi connectivity index (χ0) is 21.3. The molecule has 30 heavy (non-hydrogen) atoms. The highest BCUT2D eigenvalue weighted by Crippen LogP contribution is 2.36. The Morgan fingerprint density at radius 3 is 2.30 bits per heavy atom. The van der Waals surface area contributed by atoms with Crippen molar-refractivity contribution >= 4 is 5.97 Å². The van der Waals surface area contributed by atoms with E-state index in [9.17, 15) is 4.79 Å². The lowest BCUT2D eigenvalue weighted by Gasteiger charge is -2.31. The zero-order valence-electron chi connectivity index (χ0n) is 18.1. The highest BCUT2D eigenvalue weighted by atomic mass is 16.5. The van der Waals surface area contributed by atoms with E-state index in [1.807, 2.05) is 24.3 Å². The van der Waals surface area contributed by atoms with Gasteiger partial charge in [0.1, 0.15) is 5.75 Å². The minimum absolute atomic E-state index is 0.00609. The molecule has 1 unspecified atom stereocenters. The van der Waals surface area contributed by atoms with Gasteiger partial charge in [0.05, 0.1) is 12.0 Å². The first-order valence-electron chi connectivity index (χ1n) is 11.5. The Morgan fingerprint density at radius 1 is 1.10 bits per heavy atom.